The molecule has 0 bridgehead atoms. The number of hydrogen-bond donors (Lipinski definition) is 3. The number of rotatable bonds is 1. The molecular formula is C12H19N3O5. The number of nitrogens with zero attached hydrogens (tertiary/aromatic N) is 2. The molecule has 8 nitrogen and oxygen atoms in total. The first-order chi connectivity index (χ1) is 9.25. The minimum Gasteiger partial charge on any atom is -0.480 e. The predicted octanol–water partition coefficient (Wildman–Crippen LogP) is -1.16. The summed E-state index contributed by atoms with van der Waals surface area (Å²) in [5.74, 6) is -1.42. The van der Waals surface area contributed by atoms with Crippen molar-refractivity contribution in [2.75, 3.05) is 19.6 Å². The maximum absolute atomic E-state index is 12.5. The van der Waals surface area contributed by atoms with Gasteiger partial charge in [-0.05, 0) is 13.8 Å². The lowest BCUT2D eigenvalue weighted by atomic mass is 9.99. The molecule has 2 saturated heterocycles. The number of likely N-dealkylation sites (tertiary alicyclic amines) is 1. The van der Waals surface area contributed by atoms with Gasteiger partial charge in [0.05, 0.1) is 6.10 Å². The van der Waals surface area contributed by atoms with E-state index >= 15 is 0 Å². The molecule has 8 heteroatoms. The van der Waals surface area contributed by atoms with Crippen molar-refractivity contribution in [2.45, 2.75) is 38.0 Å². The molecule has 0 saturated carbocycles. The van der Waals surface area contributed by atoms with Gasteiger partial charge in [-0.1, -0.05) is 0 Å². The second-order valence-electron chi connectivity index (χ2n) is 5.65. The van der Waals surface area contributed by atoms with Crippen molar-refractivity contribution >= 4 is 17.9 Å². The molecule has 0 radical (unpaired) electrons. The molecule has 0 unspecified atom stereocenters. The third kappa shape index (κ3) is 2.31. The van der Waals surface area contributed by atoms with E-state index in [0.717, 1.165) is 4.90 Å². The maximum atomic E-state index is 12.5. The SMILES string of the molecule is CC1(C)C(=O)NCCN1C(=O)N1C[C@H](O)C[C@@H]1C(=O)O. The zero-order valence-electron chi connectivity index (χ0n) is 11.5. The fourth-order valence-electron chi connectivity index (χ4n) is 2.65. The highest BCUT2D eigenvalue weighted by Gasteiger charge is 2.46. The highest BCUT2D eigenvalue weighted by Crippen LogP contribution is 2.25. The molecule has 0 aromatic heterocycles. The number of hydrogen-bond acceptors (Lipinski definition) is 4. The summed E-state index contributed by atoms with van der Waals surface area (Å²) in [4.78, 5) is 38.0. The van der Waals surface area contributed by atoms with Crippen LogP contribution in [0.3, 0.4) is 0 Å². The summed E-state index contributed by atoms with van der Waals surface area (Å²) < 4.78 is 0. The van der Waals surface area contributed by atoms with Crippen LogP contribution in [0.15, 0.2) is 0 Å². The number of aliphatic carboxylic acids is 1. The molecule has 0 aliphatic carbocycles. The summed E-state index contributed by atoms with van der Waals surface area (Å²) in [5.41, 5.74) is -1.04. The van der Waals surface area contributed by atoms with Crippen LogP contribution in [-0.2, 0) is 9.59 Å². The van der Waals surface area contributed by atoms with Crippen LogP contribution >= 0.6 is 0 Å². The Labute approximate surface area is 116 Å². The fraction of sp³-hybridized carbons (Fsp3) is 0.750. The molecule has 20 heavy (non-hydrogen) atoms. The number of carbonyl (C=O) groups is 3. The van der Waals surface area contributed by atoms with Crippen LogP contribution in [-0.4, -0.2) is 75.2 Å². The van der Waals surface area contributed by atoms with Crippen molar-refractivity contribution in [3.63, 3.8) is 0 Å². The highest BCUT2D eigenvalue weighted by molar-refractivity contribution is 5.92. The van der Waals surface area contributed by atoms with Gasteiger partial charge in [0.15, 0.2) is 0 Å². The van der Waals surface area contributed by atoms with Gasteiger partial charge in [-0.3, -0.25) is 4.79 Å². The summed E-state index contributed by atoms with van der Waals surface area (Å²) >= 11 is 0. The summed E-state index contributed by atoms with van der Waals surface area (Å²) in [5, 5.41) is 21.4. The van der Waals surface area contributed by atoms with Crippen molar-refractivity contribution in [1.82, 2.24) is 15.1 Å². The molecule has 2 heterocycles. The average molecular weight is 285 g/mol. The minimum absolute atomic E-state index is 0.0154. The Kier molecular flexibility index (Phi) is 3.59. The number of carbonyl (C=O) groups excluding carboxylic acids is 2. The lowest BCUT2D eigenvalue weighted by molar-refractivity contribution is -0.141. The van der Waals surface area contributed by atoms with Gasteiger partial charge in [-0.2, -0.15) is 0 Å². The van der Waals surface area contributed by atoms with Gasteiger partial charge in [0.1, 0.15) is 11.6 Å². The number of nitrogens with one attached hydrogen (secondary N) is 1. The molecule has 2 aliphatic rings. The number of aliphatic hydroxyl groups excluding tert-OH is 1. The summed E-state index contributed by atoms with van der Waals surface area (Å²) in [6.07, 6.45) is -0.830. The summed E-state index contributed by atoms with van der Waals surface area (Å²) in [6.45, 7) is 3.85. The van der Waals surface area contributed by atoms with E-state index in [1.54, 1.807) is 13.8 Å². The largest absolute Gasteiger partial charge is 0.480 e. The Balaban J connectivity index is 2.22. The van der Waals surface area contributed by atoms with Crippen molar-refractivity contribution in [1.29, 1.82) is 0 Å². The molecule has 2 rings (SSSR count). The van der Waals surface area contributed by atoms with Crippen LogP contribution in [0.2, 0.25) is 0 Å². The van der Waals surface area contributed by atoms with Gasteiger partial charge in [0, 0.05) is 26.1 Å². The quantitative estimate of drug-likeness (QED) is 0.562. The number of piperazine rings is 1. The average Bonchev–Trinajstić information content (AvgIpc) is 2.74. The molecule has 2 fully saturated rings. The first-order valence-corrected chi connectivity index (χ1v) is 6.52. The van der Waals surface area contributed by atoms with Gasteiger partial charge in [-0.25, -0.2) is 9.59 Å². The number of amides is 3. The van der Waals surface area contributed by atoms with Crippen LogP contribution in [0, 0.1) is 0 Å². The zero-order valence-corrected chi connectivity index (χ0v) is 11.5. The van der Waals surface area contributed by atoms with E-state index in [4.69, 9.17) is 5.11 Å². The van der Waals surface area contributed by atoms with E-state index < -0.39 is 29.7 Å². The molecule has 0 aromatic carbocycles. The Morgan fingerprint density at radius 2 is 2.05 bits per heavy atom. The van der Waals surface area contributed by atoms with Crippen LogP contribution in [0.1, 0.15) is 20.3 Å². The number of aliphatic hydroxyl groups is 1. The zero-order chi connectivity index (χ0) is 15.1. The third-order valence-corrected chi connectivity index (χ3v) is 3.89. The smallest absolute Gasteiger partial charge is 0.326 e. The van der Waals surface area contributed by atoms with Gasteiger partial charge >= 0.3 is 12.0 Å². The van der Waals surface area contributed by atoms with Crippen molar-refractivity contribution in [3.8, 4) is 0 Å². The highest BCUT2D eigenvalue weighted by atomic mass is 16.4. The number of urea groups is 1. The van der Waals surface area contributed by atoms with E-state index in [2.05, 4.69) is 5.32 Å². The van der Waals surface area contributed by atoms with Gasteiger partial charge in [0.2, 0.25) is 5.91 Å². The molecule has 3 N–H and O–H groups in total. The third-order valence-electron chi connectivity index (χ3n) is 3.89. The van der Waals surface area contributed by atoms with Crippen LogP contribution in [0.4, 0.5) is 4.79 Å². The topological polar surface area (TPSA) is 110 Å². The normalized spacial score (nSPS) is 29.2. The van der Waals surface area contributed by atoms with E-state index in [1.165, 1.54) is 4.90 Å². The van der Waals surface area contributed by atoms with E-state index in [-0.39, 0.29) is 18.9 Å². The molecule has 0 spiro atoms. The monoisotopic (exact) mass is 285 g/mol. The number of β-amino-alcohol motifs (C(OH)–C–C–N with tert-alkyl or cyclic N) is 1. The maximum Gasteiger partial charge on any atom is 0.326 e. The second-order valence-corrected chi connectivity index (χ2v) is 5.65. The van der Waals surface area contributed by atoms with Crippen molar-refractivity contribution < 1.29 is 24.6 Å². The lowest BCUT2D eigenvalue weighted by Gasteiger charge is -2.43. The van der Waals surface area contributed by atoms with E-state index in [9.17, 15) is 19.5 Å². The molecule has 2 atom stereocenters. The van der Waals surface area contributed by atoms with Crippen LogP contribution < -0.4 is 5.32 Å². The molecular weight excluding hydrogens is 266 g/mol. The fourth-order valence-corrected chi connectivity index (χ4v) is 2.65. The molecule has 0 aromatic rings. The van der Waals surface area contributed by atoms with Gasteiger partial charge in [0.25, 0.3) is 0 Å². The molecule has 112 valence electrons. The first-order valence-electron chi connectivity index (χ1n) is 6.52. The summed E-state index contributed by atoms with van der Waals surface area (Å²) in [7, 11) is 0. The lowest BCUT2D eigenvalue weighted by Crippen LogP contribution is -2.66. The van der Waals surface area contributed by atoms with Gasteiger partial charge < -0.3 is 25.3 Å². The van der Waals surface area contributed by atoms with Crippen molar-refractivity contribution in [3.05, 3.63) is 0 Å². The Morgan fingerprint density at radius 3 is 2.65 bits per heavy atom. The van der Waals surface area contributed by atoms with E-state index in [1.807, 2.05) is 0 Å². The minimum atomic E-state index is -1.14. The molecule has 3 amide bonds. The molecule has 2 aliphatic heterocycles. The Morgan fingerprint density at radius 1 is 1.40 bits per heavy atom. The van der Waals surface area contributed by atoms with Crippen LogP contribution in [0.25, 0.3) is 0 Å². The van der Waals surface area contributed by atoms with Crippen molar-refractivity contribution in [2.24, 2.45) is 0 Å². The van der Waals surface area contributed by atoms with Crippen LogP contribution in [0.5, 0.6) is 0 Å². The standard InChI is InChI=1S/C12H19N3O5/c1-12(2)10(19)13-3-4-15(12)11(20)14-6-7(16)5-8(14)9(17)18/h7-8,16H,3-6H2,1-2H3,(H,13,19)(H,17,18)/t7-,8-/m1/s1. The predicted molar refractivity (Wildman–Crippen MR) is 67.9 cm³/mol. The number of carboxylic acids is 1. The first kappa shape index (κ1) is 14.6. The second kappa shape index (κ2) is 4.93. The summed E-state index contributed by atoms with van der Waals surface area (Å²) in [6, 6.07) is -1.56. The Bertz CT molecular complexity index is 450. The van der Waals surface area contributed by atoms with E-state index in [0.29, 0.717) is 13.1 Å². The Hall–Kier alpha value is -1.83. The number of carboxylic acid groups (broad SMARTS) is 1. The van der Waals surface area contributed by atoms with Gasteiger partial charge in [-0.15, -0.1) is 0 Å².